The highest BCUT2D eigenvalue weighted by atomic mass is 32.1. The summed E-state index contributed by atoms with van der Waals surface area (Å²) in [7, 11) is 0. The summed E-state index contributed by atoms with van der Waals surface area (Å²) in [6.45, 7) is 0. The molecule has 1 nitrogen and oxygen atoms in total. The first-order valence-electron chi connectivity index (χ1n) is 13.6. The lowest BCUT2D eigenvalue weighted by molar-refractivity contribution is 1.29. The van der Waals surface area contributed by atoms with E-state index in [1.165, 1.54) is 52.8 Å². The fourth-order valence-corrected chi connectivity index (χ4v) is 7.11. The lowest BCUT2D eigenvalue weighted by Crippen LogP contribution is -2.09. The molecule has 0 atom stereocenters. The predicted molar refractivity (Wildman–Crippen MR) is 174 cm³/mol. The van der Waals surface area contributed by atoms with E-state index in [0.29, 0.717) is 0 Å². The largest absolute Gasteiger partial charge is 0.310 e. The van der Waals surface area contributed by atoms with Crippen molar-refractivity contribution < 1.29 is 0 Å². The molecule has 0 saturated carbocycles. The van der Waals surface area contributed by atoms with Crippen LogP contribution in [0, 0.1) is 0 Å². The number of benzene rings is 7. The van der Waals surface area contributed by atoms with Crippen molar-refractivity contribution in [3.63, 3.8) is 0 Å². The van der Waals surface area contributed by atoms with Crippen LogP contribution >= 0.6 is 11.3 Å². The van der Waals surface area contributed by atoms with Crippen molar-refractivity contribution in [2.24, 2.45) is 0 Å². The molecule has 0 spiro atoms. The van der Waals surface area contributed by atoms with Crippen molar-refractivity contribution in [3.05, 3.63) is 152 Å². The standard InChI is InChI=1S/C38H25NS/c1-2-13-31(14-3-1)39(33-22-17-26-9-4-5-10-28(26)23-33)32-20-18-27(19-21-32)34-15-8-16-35-36-24-29-11-6-7-12-30(29)25-37(36)40-38(34)35/h1-25H. The van der Waals surface area contributed by atoms with Gasteiger partial charge in [-0.15, -0.1) is 11.3 Å². The zero-order valence-electron chi connectivity index (χ0n) is 21.8. The Kier molecular flexibility index (Phi) is 5.39. The van der Waals surface area contributed by atoms with Gasteiger partial charge in [-0.1, -0.05) is 103 Å². The number of fused-ring (bicyclic) bond motifs is 5. The molecule has 8 rings (SSSR count). The Morgan fingerprint density at radius 2 is 1.02 bits per heavy atom. The molecule has 2 heteroatoms. The van der Waals surface area contributed by atoms with Gasteiger partial charge in [-0.25, -0.2) is 0 Å². The summed E-state index contributed by atoms with van der Waals surface area (Å²) in [5.41, 5.74) is 5.95. The monoisotopic (exact) mass is 527 g/mol. The first-order chi connectivity index (χ1) is 19.8. The third-order valence-electron chi connectivity index (χ3n) is 7.81. The van der Waals surface area contributed by atoms with Gasteiger partial charge in [-0.05, 0) is 81.2 Å². The smallest absolute Gasteiger partial charge is 0.0468 e. The average Bonchev–Trinajstić information content (AvgIpc) is 3.38. The molecular weight excluding hydrogens is 502 g/mol. The van der Waals surface area contributed by atoms with Gasteiger partial charge in [0.05, 0.1) is 0 Å². The number of para-hydroxylation sites is 1. The molecule has 0 bridgehead atoms. The molecule has 0 unspecified atom stereocenters. The fraction of sp³-hybridized carbons (Fsp3) is 0. The minimum atomic E-state index is 1.14. The Labute approximate surface area is 237 Å². The molecule has 0 saturated heterocycles. The second-order valence-electron chi connectivity index (χ2n) is 10.2. The molecule has 8 aromatic rings. The molecule has 1 heterocycles. The van der Waals surface area contributed by atoms with Gasteiger partial charge >= 0.3 is 0 Å². The van der Waals surface area contributed by atoms with Crippen LogP contribution in [0.5, 0.6) is 0 Å². The number of anilines is 3. The zero-order valence-corrected chi connectivity index (χ0v) is 22.6. The number of hydrogen-bond donors (Lipinski definition) is 0. The Morgan fingerprint density at radius 3 is 1.80 bits per heavy atom. The van der Waals surface area contributed by atoms with Crippen LogP contribution in [-0.4, -0.2) is 0 Å². The topological polar surface area (TPSA) is 3.24 Å². The van der Waals surface area contributed by atoms with Crippen LogP contribution in [-0.2, 0) is 0 Å². The number of thiophene rings is 1. The minimum Gasteiger partial charge on any atom is -0.310 e. The quantitative estimate of drug-likeness (QED) is 0.220. The van der Waals surface area contributed by atoms with Crippen molar-refractivity contribution in [2.45, 2.75) is 0 Å². The van der Waals surface area contributed by atoms with Crippen molar-refractivity contribution >= 4 is 70.1 Å². The lowest BCUT2D eigenvalue weighted by Gasteiger charge is -2.26. The van der Waals surface area contributed by atoms with Gasteiger partial charge in [0.25, 0.3) is 0 Å². The Hall–Kier alpha value is -4.92. The summed E-state index contributed by atoms with van der Waals surface area (Å²) in [6.07, 6.45) is 0. The maximum Gasteiger partial charge on any atom is 0.0468 e. The van der Waals surface area contributed by atoms with E-state index in [4.69, 9.17) is 0 Å². The van der Waals surface area contributed by atoms with Gasteiger partial charge in [-0.2, -0.15) is 0 Å². The fourth-order valence-electron chi connectivity index (χ4n) is 5.84. The number of hydrogen-bond acceptors (Lipinski definition) is 2. The highest BCUT2D eigenvalue weighted by Gasteiger charge is 2.15. The van der Waals surface area contributed by atoms with Gasteiger partial charge in [0.2, 0.25) is 0 Å². The zero-order chi connectivity index (χ0) is 26.5. The van der Waals surface area contributed by atoms with Crippen molar-refractivity contribution in [1.29, 1.82) is 0 Å². The summed E-state index contributed by atoms with van der Waals surface area (Å²) in [4.78, 5) is 2.34. The van der Waals surface area contributed by atoms with Crippen LogP contribution in [0.3, 0.4) is 0 Å². The second kappa shape index (κ2) is 9.37. The van der Waals surface area contributed by atoms with Crippen molar-refractivity contribution in [3.8, 4) is 11.1 Å². The van der Waals surface area contributed by atoms with Gasteiger partial charge < -0.3 is 4.90 Å². The van der Waals surface area contributed by atoms with E-state index in [-0.39, 0.29) is 0 Å². The molecular formula is C38H25NS. The summed E-state index contributed by atoms with van der Waals surface area (Å²) < 4.78 is 2.68. The van der Waals surface area contributed by atoms with Crippen molar-refractivity contribution in [2.75, 3.05) is 4.90 Å². The summed E-state index contributed by atoms with van der Waals surface area (Å²) in [5, 5.41) is 7.74. The maximum atomic E-state index is 2.34. The molecule has 0 N–H and O–H groups in total. The summed E-state index contributed by atoms with van der Waals surface area (Å²) in [5.74, 6) is 0. The van der Waals surface area contributed by atoms with Gasteiger partial charge in [0, 0.05) is 37.2 Å². The van der Waals surface area contributed by atoms with E-state index in [0.717, 1.165) is 17.1 Å². The second-order valence-corrected chi connectivity index (χ2v) is 11.3. The van der Waals surface area contributed by atoms with Crippen LogP contribution in [0.2, 0.25) is 0 Å². The maximum absolute atomic E-state index is 2.34. The van der Waals surface area contributed by atoms with E-state index < -0.39 is 0 Å². The van der Waals surface area contributed by atoms with E-state index in [9.17, 15) is 0 Å². The molecule has 0 aliphatic heterocycles. The van der Waals surface area contributed by atoms with E-state index in [1.54, 1.807) is 0 Å². The normalized spacial score (nSPS) is 11.5. The molecule has 0 fully saturated rings. The van der Waals surface area contributed by atoms with Crippen LogP contribution in [0.4, 0.5) is 17.1 Å². The van der Waals surface area contributed by atoms with Crippen LogP contribution < -0.4 is 4.90 Å². The molecule has 1 aromatic heterocycles. The molecule has 40 heavy (non-hydrogen) atoms. The first-order valence-corrected chi connectivity index (χ1v) is 14.4. The summed E-state index contributed by atoms with van der Waals surface area (Å²) in [6, 6.07) is 54.9. The van der Waals surface area contributed by atoms with Gasteiger partial charge in [-0.3, -0.25) is 0 Å². The number of rotatable bonds is 4. The molecule has 188 valence electrons. The lowest BCUT2D eigenvalue weighted by atomic mass is 10.0. The van der Waals surface area contributed by atoms with E-state index in [1.807, 2.05) is 11.3 Å². The SMILES string of the molecule is c1ccc(N(c2ccc(-c3cccc4c3sc3cc5ccccc5cc34)cc2)c2ccc3ccccc3c2)cc1. The first kappa shape index (κ1) is 23.0. The van der Waals surface area contributed by atoms with Crippen LogP contribution in [0.15, 0.2) is 152 Å². The molecule has 7 aromatic carbocycles. The highest BCUT2D eigenvalue weighted by Crippen LogP contribution is 2.42. The third kappa shape index (κ3) is 3.85. The molecule has 0 radical (unpaired) electrons. The molecule has 0 aliphatic rings. The van der Waals surface area contributed by atoms with Gasteiger partial charge in [0.15, 0.2) is 0 Å². The predicted octanol–water partition coefficient (Wildman–Crippen LogP) is 11.5. The third-order valence-corrected chi connectivity index (χ3v) is 9.01. The summed E-state index contributed by atoms with van der Waals surface area (Å²) >= 11 is 1.89. The van der Waals surface area contributed by atoms with Crippen LogP contribution in [0.1, 0.15) is 0 Å². The molecule has 0 aliphatic carbocycles. The van der Waals surface area contributed by atoms with E-state index >= 15 is 0 Å². The Bertz CT molecular complexity index is 2160. The minimum absolute atomic E-state index is 1.14. The number of nitrogens with zero attached hydrogens (tertiary/aromatic N) is 1. The van der Waals surface area contributed by atoms with Crippen LogP contribution in [0.25, 0.3) is 52.8 Å². The Morgan fingerprint density at radius 1 is 0.400 bits per heavy atom. The van der Waals surface area contributed by atoms with Crippen molar-refractivity contribution in [1.82, 2.24) is 0 Å². The van der Waals surface area contributed by atoms with Gasteiger partial charge in [0.1, 0.15) is 0 Å². The van der Waals surface area contributed by atoms with E-state index in [2.05, 4.69) is 157 Å². The average molecular weight is 528 g/mol. The highest BCUT2D eigenvalue weighted by molar-refractivity contribution is 7.26. The molecule has 0 amide bonds. The Balaban J connectivity index is 1.24.